The van der Waals surface area contributed by atoms with Gasteiger partial charge in [-0.05, 0) is 20.8 Å². The number of nitrogens with zero attached hydrogens (tertiary/aromatic N) is 1. The van der Waals surface area contributed by atoms with Crippen LogP contribution in [-0.2, 0) is 0 Å². The zero-order valence-electron chi connectivity index (χ0n) is 8.12. The summed E-state index contributed by atoms with van der Waals surface area (Å²) in [6.45, 7) is 5.02. The molecule has 0 fully saturated rings. The van der Waals surface area contributed by atoms with Crippen LogP contribution in [0.1, 0.15) is 20.8 Å². The van der Waals surface area contributed by atoms with Crippen molar-refractivity contribution in [3.63, 3.8) is 0 Å². The largest absolute Gasteiger partial charge is 0.465 e. The first-order valence-electron chi connectivity index (χ1n) is 4.03. The van der Waals surface area contributed by atoms with Crippen LogP contribution < -0.4 is 0 Å². The highest BCUT2D eigenvalue weighted by Gasteiger charge is 2.32. The maximum atomic E-state index is 10.9. The van der Waals surface area contributed by atoms with E-state index in [0.29, 0.717) is 0 Å². The molecule has 0 aliphatic carbocycles. The average Bonchev–Trinajstić information content (AvgIpc) is 1.96. The van der Waals surface area contributed by atoms with E-state index in [4.69, 9.17) is 21.8 Å². The molecule has 0 aromatic rings. The molecule has 0 rings (SSSR count). The third kappa shape index (κ3) is 3.40. The molecule has 0 heterocycles. The van der Waals surface area contributed by atoms with Crippen LogP contribution in [0.25, 0.3) is 0 Å². The summed E-state index contributed by atoms with van der Waals surface area (Å²) in [6.07, 6.45) is -1.06. The highest BCUT2D eigenvalue weighted by molar-refractivity contribution is 6.18. The van der Waals surface area contributed by atoms with Gasteiger partial charge in [-0.3, -0.25) is 4.90 Å². The molecule has 0 spiro atoms. The smallest absolute Gasteiger partial charge is 0.408 e. The van der Waals surface area contributed by atoms with Crippen molar-refractivity contribution < 1.29 is 15.0 Å². The molecule has 13 heavy (non-hydrogen) atoms. The first kappa shape index (κ1) is 12.5. The first-order chi connectivity index (χ1) is 5.84. The van der Waals surface area contributed by atoms with Gasteiger partial charge in [-0.25, -0.2) is 4.79 Å². The molecule has 0 aliphatic rings. The Labute approximate surface area is 83.1 Å². The van der Waals surface area contributed by atoms with E-state index in [-0.39, 0.29) is 12.5 Å². The molecule has 2 N–H and O–H groups in total. The van der Waals surface area contributed by atoms with E-state index in [1.807, 2.05) is 0 Å². The molecule has 0 unspecified atom stereocenters. The molecule has 1 amide bonds. The Morgan fingerprint density at radius 1 is 1.54 bits per heavy atom. The molecule has 0 saturated heterocycles. The van der Waals surface area contributed by atoms with Crippen molar-refractivity contribution in [2.24, 2.45) is 0 Å². The number of carboxylic acid groups (broad SMARTS) is 1. The summed E-state index contributed by atoms with van der Waals surface area (Å²) in [4.78, 5) is 12.0. The Bertz CT molecular complexity index is 175. The minimum atomic E-state index is -1.06. The van der Waals surface area contributed by atoms with Gasteiger partial charge >= 0.3 is 6.09 Å². The number of alkyl halides is 1. The lowest BCUT2D eigenvalue weighted by Crippen LogP contribution is -2.53. The van der Waals surface area contributed by atoms with Crippen molar-refractivity contribution in [3.05, 3.63) is 0 Å². The van der Waals surface area contributed by atoms with Gasteiger partial charge in [0, 0.05) is 11.4 Å². The summed E-state index contributed by atoms with van der Waals surface area (Å²) >= 11 is 5.55. The molecule has 1 atom stereocenters. The zero-order chi connectivity index (χ0) is 10.6. The predicted molar refractivity (Wildman–Crippen MR) is 51.2 cm³/mol. The van der Waals surface area contributed by atoms with Crippen LogP contribution in [0.2, 0.25) is 0 Å². The van der Waals surface area contributed by atoms with Gasteiger partial charge in [-0.2, -0.15) is 0 Å². The second-order valence-electron chi connectivity index (χ2n) is 3.81. The average molecular weight is 210 g/mol. The monoisotopic (exact) mass is 209 g/mol. The molecule has 4 nitrogen and oxygen atoms in total. The van der Waals surface area contributed by atoms with Crippen molar-refractivity contribution in [1.29, 1.82) is 0 Å². The maximum Gasteiger partial charge on any atom is 0.408 e. The third-order valence-corrected chi connectivity index (χ3v) is 2.04. The van der Waals surface area contributed by atoms with Gasteiger partial charge in [0.05, 0.1) is 12.6 Å². The lowest BCUT2D eigenvalue weighted by atomic mass is 10.0. The second-order valence-corrected chi connectivity index (χ2v) is 4.12. The molecular formula is C8H16ClNO3. The highest BCUT2D eigenvalue weighted by atomic mass is 35.5. The fourth-order valence-electron chi connectivity index (χ4n) is 1.19. The van der Waals surface area contributed by atoms with E-state index >= 15 is 0 Å². The van der Waals surface area contributed by atoms with Gasteiger partial charge < -0.3 is 10.2 Å². The van der Waals surface area contributed by atoms with Crippen LogP contribution in [0.15, 0.2) is 0 Å². The topological polar surface area (TPSA) is 60.8 Å². The van der Waals surface area contributed by atoms with E-state index in [9.17, 15) is 4.79 Å². The van der Waals surface area contributed by atoms with E-state index in [1.54, 1.807) is 20.8 Å². The molecule has 0 aromatic carbocycles. The van der Waals surface area contributed by atoms with E-state index in [0.717, 1.165) is 0 Å². The van der Waals surface area contributed by atoms with Crippen LogP contribution in [0.5, 0.6) is 0 Å². The molecule has 0 radical (unpaired) electrons. The van der Waals surface area contributed by atoms with Crippen LogP contribution in [0.4, 0.5) is 4.79 Å². The minimum absolute atomic E-state index is 0.0973. The first-order valence-corrected chi connectivity index (χ1v) is 4.57. The number of hydrogen-bond donors (Lipinski definition) is 2. The molecule has 0 saturated carbocycles. The van der Waals surface area contributed by atoms with Gasteiger partial charge in [0.1, 0.15) is 0 Å². The van der Waals surface area contributed by atoms with E-state index in [1.165, 1.54) is 4.90 Å². The Balaban J connectivity index is 4.69. The van der Waals surface area contributed by atoms with Crippen LogP contribution in [0, 0.1) is 0 Å². The minimum Gasteiger partial charge on any atom is -0.465 e. The second kappa shape index (κ2) is 4.67. The molecule has 78 valence electrons. The summed E-state index contributed by atoms with van der Waals surface area (Å²) in [5.74, 6) is 0.0973. The van der Waals surface area contributed by atoms with Gasteiger partial charge in [0.2, 0.25) is 0 Å². The summed E-state index contributed by atoms with van der Waals surface area (Å²) in [5, 5.41) is 17.8. The van der Waals surface area contributed by atoms with Gasteiger partial charge in [-0.1, -0.05) is 0 Å². The van der Waals surface area contributed by atoms with Crippen molar-refractivity contribution >= 4 is 17.7 Å². The van der Waals surface area contributed by atoms with Crippen LogP contribution in [-0.4, -0.2) is 45.3 Å². The van der Waals surface area contributed by atoms with Crippen molar-refractivity contribution in [1.82, 2.24) is 4.90 Å². The predicted octanol–water partition coefficient (Wildman–Crippen LogP) is 1.36. The lowest BCUT2D eigenvalue weighted by Gasteiger charge is -2.37. The summed E-state index contributed by atoms with van der Waals surface area (Å²) < 4.78 is 0. The number of aliphatic hydroxyl groups is 1. The standard InChI is InChI=1S/C8H16ClNO3/c1-8(2,3)10(7(12)13)6(4-9)5-11/h6,11H,4-5H2,1-3H3,(H,12,13)/t6-/m0/s1. The fraction of sp³-hybridized carbons (Fsp3) is 0.875. The number of amides is 1. The Morgan fingerprint density at radius 2 is 2.00 bits per heavy atom. The van der Waals surface area contributed by atoms with Crippen molar-refractivity contribution in [2.75, 3.05) is 12.5 Å². The van der Waals surface area contributed by atoms with Crippen LogP contribution >= 0.6 is 11.6 Å². The van der Waals surface area contributed by atoms with Gasteiger partial charge in [0.15, 0.2) is 0 Å². The molecule has 0 aromatic heterocycles. The molecular weight excluding hydrogens is 194 g/mol. The summed E-state index contributed by atoms with van der Waals surface area (Å²) in [5.41, 5.74) is -0.547. The number of aliphatic hydroxyl groups excluding tert-OH is 1. The Hall–Kier alpha value is -0.480. The number of carbonyl (C=O) groups is 1. The molecule has 0 aliphatic heterocycles. The fourth-order valence-corrected chi connectivity index (χ4v) is 1.43. The van der Waals surface area contributed by atoms with E-state index in [2.05, 4.69) is 0 Å². The Kier molecular flexibility index (Phi) is 4.50. The summed E-state index contributed by atoms with van der Waals surface area (Å²) in [6, 6.07) is -0.542. The lowest BCUT2D eigenvalue weighted by molar-refractivity contribution is 0.0544. The summed E-state index contributed by atoms with van der Waals surface area (Å²) in [7, 11) is 0. The zero-order valence-corrected chi connectivity index (χ0v) is 8.88. The van der Waals surface area contributed by atoms with Crippen molar-refractivity contribution in [2.45, 2.75) is 32.4 Å². The van der Waals surface area contributed by atoms with Crippen molar-refractivity contribution in [3.8, 4) is 0 Å². The Morgan fingerprint density at radius 3 is 2.08 bits per heavy atom. The number of halogens is 1. The third-order valence-electron chi connectivity index (χ3n) is 1.68. The maximum absolute atomic E-state index is 10.9. The van der Waals surface area contributed by atoms with E-state index < -0.39 is 17.7 Å². The molecule has 0 bridgehead atoms. The van der Waals surface area contributed by atoms with Gasteiger partial charge in [0.25, 0.3) is 0 Å². The number of hydrogen-bond acceptors (Lipinski definition) is 2. The number of rotatable bonds is 3. The normalized spacial score (nSPS) is 13.9. The quantitative estimate of drug-likeness (QED) is 0.691. The van der Waals surface area contributed by atoms with Gasteiger partial charge in [-0.15, -0.1) is 11.6 Å². The highest BCUT2D eigenvalue weighted by Crippen LogP contribution is 2.17. The van der Waals surface area contributed by atoms with Crippen LogP contribution in [0.3, 0.4) is 0 Å². The SMILES string of the molecule is CC(C)(C)N(C(=O)O)[C@H](CO)CCl. The molecule has 5 heteroatoms.